The third-order valence-electron chi connectivity index (χ3n) is 6.32. The molecule has 0 aliphatic carbocycles. The van der Waals surface area contributed by atoms with Crippen LogP contribution in [0.4, 0.5) is 0 Å². The highest BCUT2D eigenvalue weighted by atomic mass is 16.3. The molecule has 0 fully saturated rings. The van der Waals surface area contributed by atoms with E-state index < -0.39 is 5.91 Å². The van der Waals surface area contributed by atoms with Crippen molar-refractivity contribution in [2.75, 3.05) is 0 Å². The summed E-state index contributed by atoms with van der Waals surface area (Å²) in [5.74, 6) is -0.365. The zero-order valence-electron chi connectivity index (χ0n) is 19.7. The molecule has 6 rings (SSSR count). The summed E-state index contributed by atoms with van der Waals surface area (Å²) in [7, 11) is 0. The van der Waals surface area contributed by atoms with Crippen molar-refractivity contribution in [3.63, 3.8) is 0 Å². The van der Waals surface area contributed by atoms with E-state index in [1.807, 2.05) is 84.9 Å². The Labute approximate surface area is 213 Å². The monoisotopic (exact) mass is 482 g/mol. The number of hydrazone groups is 1. The molecule has 0 bridgehead atoms. The van der Waals surface area contributed by atoms with Gasteiger partial charge in [-0.05, 0) is 45.8 Å². The lowest BCUT2D eigenvalue weighted by atomic mass is 10.0. The van der Waals surface area contributed by atoms with Gasteiger partial charge in [-0.2, -0.15) is 10.2 Å². The molecular formula is C31H22N4O2. The Morgan fingerprint density at radius 3 is 2.27 bits per heavy atom. The standard InChI is InChI=1S/C31H22N4O2/c36-30-18-17-22-10-5-7-15-25(22)27(30)20-32-33-31(37)28-19-29(35(34-28)23-12-2-1-3-13-23)26-16-8-11-21-9-4-6-14-24(21)26/h1-20,36H,(H,33,37)/b32-20-. The number of hydrogen-bond donors (Lipinski definition) is 2. The third-order valence-corrected chi connectivity index (χ3v) is 6.32. The molecule has 0 unspecified atom stereocenters. The molecular weight excluding hydrogens is 460 g/mol. The fourth-order valence-electron chi connectivity index (χ4n) is 4.53. The van der Waals surface area contributed by atoms with Gasteiger partial charge >= 0.3 is 0 Å². The normalized spacial score (nSPS) is 11.4. The fraction of sp³-hybridized carbons (Fsp3) is 0. The molecule has 0 aliphatic rings. The number of aromatic hydroxyl groups is 1. The number of nitrogens with zero attached hydrogens (tertiary/aromatic N) is 3. The Bertz CT molecular complexity index is 1780. The van der Waals surface area contributed by atoms with Crippen LogP contribution in [0, 0.1) is 0 Å². The smallest absolute Gasteiger partial charge is 0.291 e. The summed E-state index contributed by atoms with van der Waals surface area (Å²) in [6, 6.07) is 36.8. The van der Waals surface area contributed by atoms with Crippen LogP contribution in [0.5, 0.6) is 5.75 Å². The lowest BCUT2D eigenvalue weighted by Crippen LogP contribution is -2.18. The number of phenols is 1. The van der Waals surface area contributed by atoms with Gasteiger partial charge in [-0.15, -0.1) is 0 Å². The Hall–Kier alpha value is -5.23. The molecule has 37 heavy (non-hydrogen) atoms. The Morgan fingerprint density at radius 2 is 1.46 bits per heavy atom. The second kappa shape index (κ2) is 9.43. The summed E-state index contributed by atoms with van der Waals surface area (Å²) in [6.45, 7) is 0. The topological polar surface area (TPSA) is 79.5 Å². The number of benzene rings is 5. The minimum atomic E-state index is -0.452. The highest BCUT2D eigenvalue weighted by molar-refractivity contribution is 6.03. The number of hydrogen-bond acceptors (Lipinski definition) is 4. The van der Waals surface area contributed by atoms with Crippen molar-refractivity contribution in [1.29, 1.82) is 0 Å². The molecule has 0 saturated carbocycles. The number of carbonyl (C=O) groups excluding carboxylic acids is 1. The first kappa shape index (κ1) is 22.2. The van der Waals surface area contributed by atoms with E-state index in [4.69, 9.17) is 0 Å². The summed E-state index contributed by atoms with van der Waals surface area (Å²) in [5.41, 5.74) is 5.93. The maximum Gasteiger partial charge on any atom is 0.291 e. The highest BCUT2D eigenvalue weighted by Gasteiger charge is 2.18. The van der Waals surface area contributed by atoms with Gasteiger partial charge in [-0.3, -0.25) is 4.79 Å². The van der Waals surface area contributed by atoms with Gasteiger partial charge in [-0.25, -0.2) is 10.1 Å². The van der Waals surface area contributed by atoms with Crippen LogP contribution < -0.4 is 5.43 Å². The number of aromatic nitrogens is 2. The summed E-state index contributed by atoms with van der Waals surface area (Å²) >= 11 is 0. The molecule has 1 aromatic heterocycles. The zero-order valence-corrected chi connectivity index (χ0v) is 19.7. The first-order valence-corrected chi connectivity index (χ1v) is 11.9. The molecule has 2 N–H and O–H groups in total. The van der Waals surface area contributed by atoms with Crippen molar-refractivity contribution >= 4 is 33.7 Å². The Kier molecular flexibility index (Phi) is 5.67. The SMILES string of the molecule is O=C(N/N=C\c1c(O)ccc2ccccc12)c1cc(-c2cccc3ccccc23)n(-c2ccccc2)n1. The van der Waals surface area contributed by atoms with Crippen molar-refractivity contribution in [2.45, 2.75) is 0 Å². The average Bonchev–Trinajstić information content (AvgIpc) is 3.40. The molecule has 178 valence electrons. The van der Waals surface area contributed by atoms with Crippen molar-refractivity contribution < 1.29 is 9.90 Å². The molecule has 6 heteroatoms. The third kappa shape index (κ3) is 4.21. The predicted molar refractivity (Wildman–Crippen MR) is 147 cm³/mol. The summed E-state index contributed by atoms with van der Waals surface area (Å²) in [5, 5.41) is 23.1. The van der Waals surface area contributed by atoms with Gasteiger partial charge in [0.1, 0.15) is 5.75 Å². The highest BCUT2D eigenvalue weighted by Crippen LogP contribution is 2.31. The van der Waals surface area contributed by atoms with E-state index in [0.29, 0.717) is 5.56 Å². The molecule has 5 aromatic carbocycles. The van der Waals surface area contributed by atoms with E-state index in [9.17, 15) is 9.90 Å². The van der Waals surface area contributed by atoms with Gasteiger partial charge in [0.05, 0.1) is 17.6 Å². The number of para-hydroxylation sites is 1. The van der Waals surface area contributed by atoms with Crippen molar-refractivity contribution in [1.82, 2.24) is 15.2 Å². The van der Waals surface area contributed by atoms with E-state index in [-0.39, 0.29) is 11.4 Å². The molecule has 0 atom stereocenters. The van der Waals surface area contributed by atoms with Crippen LogP contribution in [0.25, 0.3) is 38.5 Å². The van der Waals surface area contributed by atoms with E-state index in [1.165, 1.54) is 6.21 Å². The summed E-state index contributed by atoms with van der Waals surface area (Å²) in [6.07, 6.45) is 1.45. The number of nitrogens with one attached hydrogen (secondary N) is 1. The van der Waals surface area contributed by atoms with Gasteiger partial charge in [0.25, 0.3) is 5.91 Å². The van der Waals surface area contributed by atoms with Crippen LogP contribution in [-0.4, -0.2) is 27.0 Å². The molecule has 6 aromatic rings. The Morgan fingerprint density at radius 1 is 0.784 bits per heavy atom. The van der Waals surface area contributed by atoms with Crippen molar-refractivity contribution in [3.05, 3.63) is 127 Å². The van der Waals surface area contributed by atoms with Crippen molar-refractivity contribution in [2.24, 2.45) is 5.10 Å². The minimum Gasteiger partial charge on any atom is -0.507 e. The number of fused-ring (bicyclic) bond motifs is 2. The number of phenolic OH excluding ortho intramolecular Hbond substituents is 1. The summed E-state index contributed by atoms with van der Waals surface area (Å²) in [4.78, 5) is 13.1. The largest absolute Gasteiger partial charge is 0.507 e. The van der Waals surface area contributed by atoms with Crippen LogP contribution >= 0.6 is 0 Å². The van der Waals surface area contributed by atoms with E-state index in [2.05, 4.69) is 33.8 Å². The number of carbonyl (C=O) groups is 1. The Balaban J connectivity index is 1.37. The maximum absolute atomic E-state index is 13.1. The average molecular weight is 483 g/mol. The molecule has 1 heterocycles. The molecule has 1 amide bonds. The minimum absolute atomic E-state index is 0.0864. The van der Waals surface area contributed by atoms with Crippen LogP contribution in [0.2, 0.25) is 0 Å². The first-order valence-electron chi connectivity index (χ1n) is 11.9. The lowest BCUT2D eigenvalue weighted by Gasteiger charge is -2.10. The molecule has 0 saturated heterocycles. The van der Waals surface area contributed by atoms with E-state index in [0.717, 1.165) is 38.5 Å². The second-order valence-electron chi connectivity index (χ2n) is 8.61. The van der Waals surface area contributed by atoms with Crippen LogP contribution in [0.1, 0.15) is 16.1 Å². The second-order valence-corrected chi connectivity index (χ2v) is 8.61. The molecule has 0 aliphatic heterocycles. The molecule has 0 radical (unpaired) electrons. The van der Waals surface area contributed by atoms with Gasteiger partial charge in [0.15, 0.2) is 5.69 Å². The molecule has 6 nitrogen and oxygen atoms in total. The van der Waals surface area contributed by atoms with Crippen LogP contribution in [-0.2, 0) is 0 Å². The first-order chi connectivity index (χ1) is 18.2. The number of amides is 1. The van der Waals surface area contributed by atoms with Gasteiger partial charge in [-0.1, -0.05) is 91.0 Å². The van der Waals surface area contributed by atoms with Gasteiger partial charge in [0, 0.05) is 11.1 Å². The fourth-order valence-corrected chi connectivity index (χ4v) is 4.53. The quantitative estimate of drug-likeness (QED) is 0.223. The maximum atomic E-state index is 13.1. The van der Waals surface area contributed by atoms with Gasteiger partial charge < -0.3 is 5.11 Å². The number of rotatable bonds is 5. The zero-order chi connectivity index (χ0) is 25.2. The van der Waals surface area contributed by atoms with Crippen molar-refractivity contribution in [3.8, 4) is 22.7 Å². The summed E-state index contributed by atoms with van der Waals surface area (Å²) < 4.78 is 1.77. The molecule has 0 spiro atoms. The lowest BCUT2D eigenvalue weighted by molar-refractivity contribution is 0.0949. The van der Waals surface area contributed by atoms with Crippen LogP contribution in [0.3, 0.4) is 0 Å². The van der Waals surface area contributed by atoms with Crippen LogP contribution in [0.15, 0.2) is 120 Å². The predicted octanol–water partition coefficient (Wildman–Crippen LogP) is 6.32. The van der Waals surface area contributed by atoms with E-state index in [1.54, 1.807) is 16.8 Å². The van der Waals surface area contributed by atoms with E-state index >= 15 is 0 Å². The van der Waals surface area contributed by atoms with Gasteiger partial charge in [0.2, 0.25) is 0 Å².